The van der Waals surface area contributed by atoms with E-state index >= 15 is 0 Å². The molecule has 1 saturated carbocycles. The van der Waals surface area contributed by atoms with Crippen molar-refractivity contribution in [3.63, 3.8) is 0 Å². The fourth-order valence-corrected chi connectivity index (χ4v) is 4.23. The molecule has 5 nitrogen and oxygen atoms in total. The van der Waals surface area contributed by atoms with Crippen molar-refractivity contribution in [2.24, 2.45) is 16.7 Å². The first-order valence-corrected chi connectivity index (χ1v) is 8.31. The van der Waals surface area contributed by atoms with Crippen LogP contribution in [0.1, 0.15) is 25.0 Å². The summed E-state index contributed by atoms with van der Waals surface area (Å²) in [5.41, 5.74) is -3.67. The number of piperidine rings is 1. The number of carbonyl (C=O) groups excluding carboxylic acids is 1. The van der Waals surface area contributed by atoms with Crippen molar-refractivity contribution in [1.82, 2.24) is 15.5 Å². The van der Waals surface area contributed by atoms with Crippen LogP contribution in [0.4, 0.5) is 32.2 Å². The van der Waals surface area contributed by atoms with E-state index in [1.165, 1.54) is 12.1 Å². The second-order valence-electron chi connectivity index (χ2n) is 7.13. The standard InChI is InChI=1S/C16H18F6N4O/c1-9-2-3-10(26-25-9)24-12(27)14(8-13(14)4-6-23-7-5-13)11(15(17,18)19)16(20,21)22/h2-3,11,23H,4-8H2,1H3,(H,24,26,27)/t14-/m1/s1/i/hD. The average molecular weight is 397 g/mol. The summed E-state index contributed by atoms with van der Waals surface area (Å²) in [7, 11) is 0. The molecule has 2 aliphatic rings. The van der Waals surface area contributed by atoms with Gasteiger partial charge in [0.15, 0.2) is 11.7 Å². The average Bonchev–Trinajstić information content (AvgIpc) is 3.18. The minimum absolute atomic E-state index is 0.00179. The summed E-state index contributed by atoms with van der Waals surface area (Å²) in [4.78, 5) is 12.8. The van der Waals surface area contributed by atoms with E-state index in [4.69, 9.17) is 1.41 Å². The maximum absolute atomic E-state index is 13.5. The monoisotopic (exact) mass is 397 g/mol. The normalized spacial score (nSPS) is 26.1. The van der Waals surface area contributed by atoms with Crippen LogP contribution >= 0.6 is 0 Å². The van der Waals surface area contributed by atoms with Crippen molar-refractivity contribution >= 4 is 11.7 Å². The lowest BCUT2D eigenvalue weighted by Gasteiger charge is -2.36. The SMILES string of the molecule is [2H]N1CCC2(CC1)C[C@]2(C(=O)Nc1ccc(C)nn1)C(C(F)(F)F)C(F)(F)F. The van der Waals surface area contributed by atoms with Crippen molar-refractivity contribution < 1.29 is 32.5 Å². The third-order valence-corrected chi connectivity index (χ3v) is 5.53. The number of halogens is 6. The third-order valence-electron chi connectivity index (χ3n) is 5.53. The molecule has 2 heterocycles. The van der Waals surface area contributed by atoms with Crippen LogP contribution in [0, 0.1) is 23.7 Å². The molecule has 150 valence electrons. The Bertz CT molecular complexity index is 731. The molecule has 1 saturated heterocycles. The zero-order valence-electron chi connectivity index (χ0n) is 15.3. The maximum atomic E-state index is 13.5. The molecule has 2 N–H and O–H groups in total. The lowest BCUT2D eigenvalue weighted by Crippen LogP contribution is -2.51. The van der Waals surface area contributed by atoms with Crippen LogP contribution in [0.3, 0.4) is 0 Å². The quantitative estimate of drug-likeness (QED) is 0.769. The van der Waals surface area contributed by atoms with E-state index in [0.717, 1.165) is 5.31 Å². The number of alkyl halides is 6. The summed E-state index contributed by atoms with van der Waals surface area (Å²) >= 11 is 0. The summed E-state index contributed by atoms with van der Waals surface area (Å²) in [6.07, 6.45) is -12.0. The Morgan fingerprint density at radius 3 is 2.26 bits per heavy atom. The zero-order chi connectivity index (χ0) is 21.0. The lowest BCUT2D eigenvalue weighted by atomic mass is 9.75. The van der Waals surface area contributed by atoms with Gasteiger partial charge in [-0.1, -0.05) is 0 Å². The van der Waals surface area contributed by atoms with E-state index in [-0.39, 0.29) is 31.7 Å². The molecule has 1 amide bonds. The molecule has 0 unspecified atom stereocenters. The number of aryl methyl sites for hydroxylation is 1. The molecule has 1 aliphatic carbocycles. The Kier molecular flexibility index (Phi) is 4.32. The molecule has 2 fully saturated rings. The van der Waals surface area contributed by atoms with Gasteiger partial charge in [-0.25, -0.2) is 0 Å². The van der Waals surface area contributed by atoms with Crippen LogP contribution in [0.15, 0.2) is 12.1 Å². The van der Waals surface area contributed by atoms with Gasteiger partial charge in [0.05, 0.1) is 11.1 Å². The van der Waals surface area contributed by atoms with E-state index in [1.807, 2.05) is 0 Å². The van der Waals surface area contributed by atoms with Crippen molar-refractivity contribution in [1.29, 1.82) is 0 Å². The first-order valence-electron chi connectivity index (χ1n) is 8.76. The minimum Gasteiger partial charge on any atom is -0.317 e. The zero-order valence-corrected chi connectivity index (χ0v) is 14.3. The van der Waals surface area contributed by atoms with Crippen molar-refractivity contribution in [3.05, 3.63) is 17.8 Å². The molecule has 27 heavy (non-hydrogen) atoms. The van der Waals surface area contributed by atoms with E-state index < -0.39 is 41.4 Å². The molecular weight excluding hydrogens is 378 g/mol. The Labute approximate surface area is 152 Å². The fourth-order valence-electron chi connectivity index (χ4n) is 4.23. The van der Waals surface area contributed by atoms with Crippen LogP contribution in [0.2, 0.25) is 1.41 Å². The Hall–Kier alpha value is -1.91. The summed E-state index contributed by atoms with van der Waals surface area (Å²) in [5.74, 6) is -5.36. The number of carbonyl (C=O) groups is 1. The Morgan fingerprint density at radius 2 is 1.78 bits per heavy atom. The number of rotatable bonds is 3. The van der Waals surface area contributed by atoms with Gasteiger partial charge >= 0.3 is 12.4 Å². The van der Waals surface area contributed by atoms with Crippen molar-refractivity contribution in [2.75, 3.05) is 18.4 Å². The van der Waals surface area contributed by atoms with E-state index in [9.17, 15) is 31.1 Å². The van der Waals surface area contributed by atoms with Crippen molar-refractivity contribution in [2.45, 2.75) is 38.5 Å². The topological polar surface area (TPSA) is 66.9 Å². The Balaban J connectivity index is 2.01. The molecule has 1 aromatic rings. The highest BCUT2D eigenvalue weighted by Crippen LogP contribution is 2.76. The highest BCUT2D eigenvalue weighted by molar-refractivity contribution is 5.98. The molecule has 1 aliphatic heterocycles. The first kappa shape index (κ1) is 18.5. The highest BCUT2D eigenvalue weighted by Gasteiger charge is 2.83. The summed E-state index contributed by atoms with van der Waals surface area (Å²) in [6, 6.07) is 2.70. The number of hydrogen-bond acceptors (Lipinski definition) is 4. The molecule has 0 radical (unpaired) electrons. The molecular formula is C16H18F6N4O. The van der Waals surface area contributed by atoms with Gasteiger partial charge in [-0.05, 0) is 56.8 Å². The summed E-state index contributed by atoms with van der Waals surface area (Å²) < 4.78 is 88.8. The van der Waals surface area contributed by atoms with Crippen LogP contribution < -0.4 is 10.6 Å². The lowest BCUT2D eigenvalue weighted by molar-refractivity contribution is -0.303. The summed E-state index contributed by atoms with van der Waals surface area (Å²) in [5, 5.41) is 10.4. The van der Waals surface area contributed by atoms with Gasteiger partial charge in [0.2, 0.25) is 5.91 Å². The third kappa shape index (κ3) is 3.37. The fraction of sp³-hybridized carbons (Fsp3) is 0.688. The van der Waals surface area contributed by atoms with E-state index in [1.54, 1.807) is 6.92 Å². The Morgan fingerprint density at radius 1 is 1.19 bits per heavy atom. The van der Waals surface area contributed by atoms with Gasteiger partial charge < -0.3 is 10.6 Å². The number of anilines is 1. The van der Waals surface area contributed by atoms with Crippen LogP contribution in [0.5, 0.6) is 0 Å². The van der Waals surface area contributed by atoms with E-state index in [2.05, 4.69) is 15.5 Å². The van der Waals surface area contributed by atoms with Gasteiger partial charge in [-0.2, -0.15) is 31.4 Å². The van der Waals surface area contributed by atoms with Gasteiger partial charge in [-0.15, -0.1) is 5.10 Å². The van der Waals surface area contributed by atoms with Crippen molar-refractivity contribution in [3.8, 4) is 0 Å². The predicted molar refractivity (Wildman–Crippen MR) is 82.6 cm³/mol. The van der Waals surface area contributed by atoms with Gasteiger partial charge in [0.1, 0.15) is 1.41 Å². The summed E-state index contributed by atoms with van der Waals surface area (Å²) in [6.45, 7) is 1.59. The molecule has 3 rings (SSSR count). The maximum Gasteiger partial charge on any atom is 0.401 e. The smallest absolute Gasteiger partial charge is 0.317 e. The number of amides is 1. The predicted octanol–water partition coefficient (Wildman–Crippen LogP) is 3.22. The molecule has 1 atom stereocenters. The van der Waals surface area contributed by atoms with Gasteiger partial charge in [0.25, 0.3) is 0 Å². The molecule has 0 aromatic carbocycles. The van der Waals surface area contributed by atoms with Crippen LogP contribution in [-0.2, 0) is 4.79 Å². The molecule has 0 bridgehead atoms. The van der Waals surface area contributed by atoms with Gasteiger partial charge in [0, 0.05) is 0 Å². The van der Waals surface area contributed by atoms with E-state index in [0.29, 0.717) is 5.69 Å². The van der Waals surface area contributed by atoms with Crippen LogP contribution in [0.25, 0.3) is 0 Å². The van der Waals surface area contributed by atoms with Crippen LogP contribution in [-0.4, -0.2) is 41.5 Å². The highest BCUT2D eigenvalue weighted by atomic mass is 19.4. The minimum atomic E-state index is -5.64. The number of hydrogen-bond donors (Lipinski definition) is 2. The first-order chi connectivity index (χ1) is 12.8. The number of aromatic nitrogens is 2. The number of nitrogens with zero attached hydrogens (tertiary/aromatic N) is 2. The molecule has 11 heteroatoms. The van der Waals surface area contributed by atoms with Gasteiger partial charge in [-0.3, -0.25) is 4.79 Å². The second kappa shape index (κ2) is 6.32. The second-order valence-corrected chi connectivity index (χ2v) is 7.13. The number of nitrogens with one attached hydrogen (secondary N) is 2. The molecule has 1 aromatic heterocycles. The largest absolute Gasteiger partial charge is 0.401 e. The molecule has 1 spiro atoms.